The second-order valence-corrected chi connectivity index (χ2v) is 9.69. The normalized spacial score (nSPS) is 14.9. The van der Waals surface area contributed by atoms with Crippen molar-refractivity contribution >= 4 is 62.2 Å². The Bertz CT molecular complexity index is 1560. The Balaban J connectivity index is 1.50. The molecule has 1 aromatic heterocycles. The quantitative estimate of drug-likeness (QED) is 0.223. The van der Waals surface area contributed by atoms with Crippen molar-refractivity contribution in [3.8, 4) is 17.6 Å². The lowest BCUT2D eigenvalue weighted by Gasteiger charge is -2.27. The number of nitrogens with two attached hydrogens (primary N) is 1. The second kappa shape index (κ2) is 8.86. The van der Waals surface area contributed by atoms with Crippen molar-refractivity contribution in [2.24, 2.45) is 5.73 Å². The SMILES string of the molecule is N#CC1=C(N)Oc2cc(OC(=O)c3sc4cc(Cl)ccc4c3Cl)ccc2C1c1ccccc1Cl. The average Bonchev–Trinajstić information content (AvgIpc) is 3.14. The first-order chi connectivity index (χ1) is 16.4. The van der Waals surface area contributed by atoms with Crippen molar-refractivity contribution in [2.45, 2.75) is 5.92 Å². The molecule has 0 spiro atoms. The Labute approximate surface area is 213 Å². The van der Waals surface area contributed by atoms with Gasteiger partial charge in [0.2, 0.25) is 5.88 Å². The molecule has 0 fully saturated rings. The highest BCUT2D eigenvalue weighted by atomic mass is 35.5. The molecule has 1 atom stereocenters. The number of allylic oxidation sites excluding steroid dienone is 1. The highest BCUT2D eigenvalue weighted by Crippen LogP contribution is 2.45. The maximum absolute atomic E-state index is 12.9. The van der Waals surface area contributed by atoms with Crippen LogP contribution in [0.15, 0.2) is 72.1 Å². The molecule has 9 heteroatoms. The molecular weight excluding hydrogens is 515 g/mol. The number of esters is 1. The molecule has 168 valence electrons. The van der Waals surface area contributed by atoms with Gasteiger partial charge in [0.05, 0.1) is 10.9 Å². The number of carbonyl (C=O) groups excluding carboxylic acids is 1. The minimum absolute atomic E-state index is 0.0344. The van der Waals surface area contributed by atoms with Gasteiger partial charge in [-0.1, -0.05) is 65.1 Å². The zero-order chi connectivity index (χ0) is 24.0. The molecule has 4 aromatic rings. The van der Waals surface area contributed by atoms with Crippen LogP contribution in [0, 0.1) is 11.3 Å². The fraction of sp³-hybridized carbons (Fsp3) is 0.0400. The monoisotopic (exact) mass is 526 g/mol. The van der Waals surface area contributed by atoms with E-state index in [0.717, 1.165) is 10.1 Å². The molecule has 2 N–H and O–H groups in total. The fourth-order valence-electron chi connectivity index (χ4n) is 3.85. The molecule has 34 heavy (non-hydrogen) atoms. The number of rotatable bonds is 3. The zero-order valence-electron chi connectivity index (χ0n) is 17.1. The highest BCUT2D eigenvalue weighted by Gasteiger charge is 2.32. The fourth-order valence-corrected chi connectivity index (χ4v) is 5.76. The van der Waals surface area contributed by atoms with E-state index in [9.17, 15) is 10.1 Å². The molecule has 3 aromatic carbocycles. The molecular formula is C25H13Cl3N2O3S. The lowest BCUT2D eigenvalue weighted by atomic mass is 9.83. The van der Waals surface area contributed by atoms with Crippen molar-refractivity contribution in [3.63, 3.8) is 0 Å². The van der Waals surface area contributed by atoms with Gasteiger partial charge in [0.25, 0.3) is 0 Å². The average molecular weight is 528 g/mol. The number of hydrogen-bond acceptors (Lipinski definition) is 6. The first kappa shape index (κ1) is 22.6. The van der Waals surface area contributed by atoms with Gasteiger partial charge in [-0.05, 0) is 29.8 Å². The van der Waals surface area contributed by atoms with Crippen molar-refractivity contribution in [2.75, 3.05) is 0 Å². The van der Waals surface area contributed by atoms with Gasteiger partial charge in [0, 0.05) is 31.8 Å². The topological polar surface area (TPSA) is 85.3 Å². The first-order valence-electron chi connectivity index (χ1n) is 9.93. The number of hydrogen-bond donors (Lipinski definition) is 1. The number of nitrogens with zero attached hydrogens (tertiary/aromatic N) is 1. The van der Waals surface area contributed by atoms with Gasteiger partial charge in [-0.2, -0.15) is 5.26 Å². The van der Waals surface area contributed by atoms with E-state index in [-0.39, 0.29) is 22.1 Å². The summed E-state index contributed by atoms with van der Waals surface area (Å²) in [6.45, 7) is 0. The summed E-state index contributed by atoms with van der Waals surface area (Å²) in [5.74, 6) is -0.564. The first-order valence-corrected chi connectivity index (χ1v) is 11.9. The largest absolute Gasteiger partial charge is 0.440 e. The lowest BCUT2D eigenvalue weighted by Crippen LogP contribution is -2.21. The second-order valence-electron chi connectivity index (χ2n) is 7.42. The van der Waals surface area contributed by atoms with E-state index in [1.807, 2.05) is 12.1 Å². The molecule has 0 saturated carbocycles. The Hall–Kier alpha value is -3.21. The molecule has 0 aliphatic carbocycles. The van der Waals surface area contributed by atoms with E-state index in [2.05, 4.69) is 6.07 Å². The Kier molecular flexibility index (Phi) is 5.88. The van der Waals surface area contributed by atoms with E-state index in [0.29, 0.717) is 31.9 Å². The van der Waals surface area contributed by atoms with E-state index >= 15 is 0 Å². The van der Waals surface area contributed by atoms with Crippen LogP contribution in [-0.4, -0.2) is 5.97 Å². The van der Waals surface area contributed by atoms with Crippen LogP contribution in [-0.2, 0) is 0 Å². The summed E-state index contributed by atoms with van der Waals surface area (Å²) >= 11 is 20.1. The lowest BCUT2D eigenvalue weighted by molar-refractivity contribution is 0.0740. The van der Waals surface area contributed by atoms with Crippen molar-refractivity contribution < 1.29 is 14.3 Å². The zero-order valence-corrected chi connectivity index (χ0v) is 20.2. The van der Waals surface area contributed by atoms with Crippen LogP contribution < -0.4 is 15.2 Å². The van der Waals surface area contributed by atoms with Crippen molar-refractivity contribution in [1.29, 1.82) is 5.26 Å². The predicted octanol–water partition coefficient (Wildman–Crippen LogP) is 7.30. The van der Waals surface area contributed by atoms with Gasteiger partial charge < -0.3 is 15.2 Å². The van der Waals surface area contributed by atoms with Crippen LogP contribution in [0.2, 0.25) is 15.1 Å². The molecule has 0 radical (unpaired) electrons. The number of halogens is 3. The molecule has 1 aliphatic heterocycles. The van der Waals surface area contributed by atoms with E-state index < -0.39 is 11.9 Å². The van der Waals surface area contributed by atoms with Gasteiger partial charge in [0.15, 0.2) is 0 Å². The number of nitriles is 1. The van der Waals surface area contributed by atoms with Gasteiger partial charge >= 0.3 is 5.97 Å². The standard InChI is InChI=1S/C25H13Cl3N2O3S/c26-12-5-7-16-20(9-12)34-23(22(16)28)25(31)32-13-6-8-15-19(10-13)33-24(30)17(11-29)21(15)14-3-1-2-4-18(14)27/h1-10,21H,30H2. The van der Waals surface area contributed by atoms with Gasteiger partial charge in [-0.3, -0.25) is 0 Å². The Morgan fingerprint density at radius 1 is 1.06 bits per heavy atom. The third kappa shape index (κ3) is 3.87. The Morgan fingerprint density at radius 2 is 1.85 bits per heavy atom. The summed E-state index contributed by atoms with van der Waals surface area (Å²) in [6.07, 6.45) is 0. The maximum Gasteiger partial charge on any atom is 0.355 e. The van der Waals surface area contributed by atoms with Gasteiger partial charge in [-0.25, -0.2) is 4.79 Å². The van der Waals surface area contributed by atoms with Crippen LogP contribution in [0.3, 0.4) is 0 Å². The van der Waals surface area contributed by atoms with Crippen molar-refractivity contribution in [3.05, 3.63) is 103 Å². The molecule has 5 nitrogen and oxygen atoms in total. The minimum Gasteiger partial charge on any atom is -0.440 e. The summed E-state index contributed by atoms with van der Waals surface area (Å²) in [7, 11) is 0. The molecule has 0 bridgehead atoms. The Morgan fingerprint density at radius 3 is 2.62 bits per heavy atom. The van der Waals surface area contributed by atoms with Crippen LogP contribution >= 0.6 is 46.1 Å². The van der Waals surface area contributed by atoms with E-state index in [1.54, 1.807) is 48.5 Å². The van der Waals surface area contributed by atoms with Gasteiger partial charge in [-0.15, -0.1) is 11.3 Å². The summed E-state index contributed by atoms with van der Waals surface area (Å²) in [5.41, 5.74) is 7.70. The molecule has 1 aliphatic rings. The smallest absolute Gasteiger partial charge is 0.355 e. The predicted molar refractivity (Wildman–Crippen MR) is 134 cm³/mol. The van der Waals surface area contributed by atoms with Crippen LogP contribution in [0.1, 0.15) is 26.7 Å². The molecule has 0 amide bonds. The molecule has 1 unspecified atom stereocenters. The van der Waals surface area contributed by atoms with E-state index in [4.69, 9.17) is 50.0 Å². The molecule has 2 heterocycles. The third-order valence-electron chi connectivity index (χ3n) is 5.39. The number of carbonyl (C=O) groups is 1. The maximum atomic E-state index is 12.9. The number of benzene rings is 3. The van der Waals surface area contributed by atoms with Gasteiger partial charge in [0.1, 0.15) is 28.0 Å². The number of ether oxygens (including phenoxy) is 2. The molecule has 5 rings (SSSR count). The van der Waals surface area contributed by atoms with Crippen LogP contribution in [0.25, 0.3) is 10.1 Å². The summed E-state index contributed by atoms with van der Waals surface area (Å²) in [4.78, 5) is 13.1. The third-order valence-corrected chi connectivity index (χ3v) is 7.61. The minimum atomic E-state index is -0.609. The van der Waals surface area contributed by atoms with Crippen molar-refractivity contribution in [1.82, 2.24) is 0 Å². The summed E-state index contributed by atoms with van der Waals surface area (Å²) in [6, 6.07) is 19.5. The summed E-state index contributed by atoms with van der Waals surface area (Å²) < 4.78 is 12.1. The van der Waals surface area contributed by atoms with Crippen LogP contribution in [0.4, 0.5) is 0 Å². The number of fused-ring (bicyclic) bond motifs is 2. The number of thiophene rings is 1. The van der Waals surface area contributed by atoms with Crippen LogP contribution in [0.5, 0.6) is 11.5 Å². The van der Waals surface area contributed by atoms with E-state index in [1.165, 1.54) is 11.3 Å². The molecule has 0 saturated heterocycles. The highest BCUT2D eigenvalue weighted by molar-refractivity contribution is 7.21. The summed E-state index contributed by atoms with van der Waals surface area (Å²) in [5, 5.41) is 11.8.